The van der Waals surface area contributed by atoms with Crippen LogP contribution in [0.5, 0.6) is 11.5 Å². The number of hydrogen-bond donors (Lipinski definition) is 1. The maximum Gasteiger partial charge on any atom is 0.336 e. The molecule has 21 heavy (non-hydrogen) atoms. The number of aromatic carboxylic acids is 1. The average Bonchev–Trinajstić information content (AvgIpc) is 2.46. The van der Waals surface area contributed by atoms with Gasteiger partial charge in [-0.15, -0.1) is 0 Å². The van der Waals surface area contributed by atoms with Crippen molar-refractivity contribution in [3.05, 3.63) is 45.4 Å². The highest BCUT2D eigenvalue weighted by molar-refractivity contribution is 9.10. The molecular weight excluding hydrogens is 360 g/mol. The van der Waals surface area contributed by atoms with E-state index in [2.05, 4.69) is 15.9 Å². The fourth-order valence-electron chi connectivity index (χ4n) is 2.04. The first-order valence-electron chi connectivity index (χ1n) is 5.93. The molecule has 0 amide bonds. The molecular formula is C15H12BrClO4. The summed E-state index contributed by atoms with van der Waals surface area (Å²) in [6.45, 7) is 0. The lowest BCUT2D eigenvalue weighted by Gasteiger charge is -2.15. The third-order valence-electron chi connectivity index (χ3n) is 2.99. The summed E-state index contributed by atoms with van der Waals surface area (Å²) in [5.74, 6) is 0.0436. The topological polar surface area (TPSA) is 55.8 Å². The molecule has 0 bridgehead atoms. The Bertz CT molecular complexity index is 700. The van der Waals surface area contributed by atoms with E-state index in [1.54, 1.807) is 31.4 Å². The molecule has 0 unspecified atom stereocenters. The molecule has 0 aliphatic carbocycles. The number of methoxy groups -OCH3 is 2. The molecule has 0 atom stereocenters. The van der Waals surface area contributed by atoms with Gasteiger partial charge in [-0.25, -0.2) is 4.79 Å². The van der Waals surface area contributed by atoms with Gasteiger partial charge in [0.25, 0.3) is 0 Å². The first-order valence-corrected chi connectivity index (χ1v) is 7.10. The molecule has 0 spiro atoms. The zero-order valence-corrected chi connectivity index (χ0v) is 13.7. The zero-order chi connectivity index (χ0) is 15.6. The molecule has 1 N–H and O–H groups in total. The van der Waals surface area contributed by atoms with Crippen molar-refractivity contribution < 1.29 is 19.4 Å². The molecule has 0 radical (unpaired) electrons. The fourth-order valence-corrected chi connectivity index (χ4v) is 2.88. The SMILES string of the molecule is COc1ccc(-c2ccc(Cl)cc2C(=O)O)c(OC)c1Br. The maximum atomic E-state index is 11.4. The summed E-state index contributed by atoms with van der Waals surface area (Å²) >= 11 is 9.28. The Hall–Kier alpha value is -1.72. The Balaban J connectivity index is 2.73. The van der Waals surface area contributed by atoms with Crippen LogP contribution in [0.1, 0.15) is 10.4 Å². The van der Waals surface area contributed by atoms with Crippen molar-refractivity contribution >= 4 is 33.5 Å². The average molecular weight is 372 g/mol. The van der Waals surface area contributed by atoms with Crippen LogP contribution in [0.3, 0.4) is 0 Å². The van der Waals surface area contributed by atoms with Gasteiger partial charge in [0, 0.05) is 16.1 Å². The number of ether oxygens (including phenoxy) is 2. The van der Waals surface area contributed by atoms with Crippen LogP contribution < -0.4 is 9.47 Å². The molecule has 110 valence electrons. The number of benzene rings is 2. The quantitative estimate of drug-likeness (QED) is 0.860. The summed E-state index contributed by atoms with van der Waals surface area (Å²) in [5, 5.41) is 9.71. The summed E-state index contributed by atoms with van der Waals surface area (Å²) in [6.07, 6.45) is 0. The van der Waals surface area contributed by atoms with Crippen molar-refractivity contribution in [2.24, 2.45) is 0 Å². The van der Waals surface area contributed by atoms with Crippen LogP contribution in [0, 0.1) is 0 Å². The number of carboxylic acid groups (broad SMARTS) is 1. The largest absolute Gasteiger partial charge is 0.495 e. The summed E-state index contributed by atoms with van der Waals surface area (Å²) in [5.41, 5.74) is 1.27. The van der Waals surface area contributed by atoms with Crippen molar-refractivity contribution in [1.82, 2.24) is 0 Å². The molecule has 0 saturated heterocycles. The van der Waals surface area contributed by atoms with Gasteiger partial charge in [-0.1, -0.05) is 17.7 Å². The lowest BCUT2D eigenvalue weighted by atomic mass is 9.98. The molecule has 0 saturated carbocycles. The van der Waals surface area contributed by atoms with E-state index in [1.807, 2.05) is 0 Å². The second-order valence-electron chi connectivity index (χ2n) is 4.16. The molecule has 2 rings (SSSR count). The van der Waals surface area contributed by atoms with Crippen LogP contribution in [-0.4, -0.2) is 25.3 Å². The van der Waals surface area contributed by atoms with Crippen molar-refractivity contribution in [2.45, 2.75) is 0 Å². The Labute approximate surface area is 135 Å². The zero-order valence-electron chi connectivity index (χ0n) is 11.3. The Morgan fingerprint density at radius 1 is 1.14 bits per heavy atom. The molecule has 0 heterocycles. The lowest BCUT2D eigenvalue weighted by Crippen LogP contribution is -2.01. The third kappa shape index (κ3) is 2.99. The van der Waals surface area contributed by atoms with E-state index in [1.165, 1.54) is 13.2 Å². The predicted molar refractivity (Wildman–Crippen MR) is 84.7 cm³/mol. The van der Waals surface area contributed by atoms with Gasteiger partial charge in [0.15, 0.2) is 0 Å². The standard InChI is InChI=1S/C15H12BrClO4/c1-20-12-6-5-10(14(21-2)13(12)16)9-4-3-8(17)7-11(9)15(18)19/h3-7H,1-2H3,(H,18,19). The smallest absolute Gasteiger partial charge is 0.336 e. The van der Waals surface area contributed by atoms with Gasteiger partial charge in [0.2, 0.25) is 0 Å². The lowest BCUT2D eigenvalue weighted by molar-refractivity contribution is 0.0697. The van der Waals surface area contributed by atoms with Gasteiger partial charge >= 0.3 is 5.97 Å². The van der Waals surface area contributed by atoms with Crippen molar-refractivity contribution in [3.8, 4) is 22.6 Å². The molecule has 2 aromatic carbocycles. The third-order valence-corrected chi connectivity index (χ3v) is 3.97. The normalized spacial score (nSPS) is 10.3. The minimum absolute atomic E-state index is 0.109. The minimum atomic E-state index is -1.05. The second kappa shape index (κ2) is 6.37. The minimum Gasteiger partial charge on any atom is -0.495 e. The highest BCUT2D eigenvalue weighted by atomic mass is 79.9. The highest BCUT2D eigenvalue weighted by Crippen LogP contribution is 2.43. The molecule has 4 nitrogen and oxygen atoms in total. The Morgan fingerprint density at radius 3 is 2.38 bits per heavy atom. The monoisotopic (exact) mass is 370 g/mol. The first kappa shape index (κ1) is 15.7. The summed E-state index contributed by atoms with van der Waals surface area (Å²) in [6, 6.07) is 8.19. The van der Waals surface area contributed by atoms with Gasteiger partial charge in [0.1, 0.15) is 16.0 Å². The van der Waals surface area contributed by atoms with Gasteiger partial charge in [-0.3, -0.25) is 0 Å². The van der Waals surface area contributed by atoms with Gasteiger partial charge in [-0.05, 0) is 40.2 Å². The van der Waals surface area contributed by atoms with Crippen LogP contribution in [-0.2, 0) is 0 Å². The van der Waals surface area contributed by atoms with Crippen LogP contribution in [0.4, 0.5) is 0 Å². The predicted octanol–water partition coefficient (Wildman–Crippen LogP) is 4.48. The number of carbonyl (C=O) groups is 1. The van der Waals surface area contributed by atoms with Gasteiger partial charge in [-0.2, -0.15) is 0 Å². The van der Waals surface area contributed by atoms with Crippen LogP contribution in [0.15, 0.2) is 34.8 Å². The summed E-state index contributed by atoms with van der Waals surface area (Å²) in [4.78, 5) is 11.4. The highest BCUT2D eigenvalue weighted by Gasteiger charge is 2.19. The Kier molecular flexibility index (Phi) is 4.75. The molecule has 0 aliphatic heterocycles. The fraction of sp³-hybridized carbons (Fsp3) is 0.133. The number of halogens is 2. The van der Waals surface area contributed by atoms with E-state index < -0.39 is 5.97 Å². The van der Waals surface area contributed by atoms with E-state index in [0.29, 0.717) is 32.1 Å². The second-order valence-corrected chi connectivity index (χ2v) is 5.39. The Morgan fingerprint density at radius 2 is 1.81 bits per heavy atom. The van der Waals surface area contributed by atoms with E-state index >= 15 is 0 Å². The number of hydrogen-bond acceptors (Lipinski definition) is 3. The van der Waals surface area contributed by atoms with Gasteiger partial charge in [0.05, 0.1) is 19.8 Å². The molecule has 0 aliphatic rings. The molecule has 0 fully saturated rings. The van der Waals surface area contributed by atoms with Crippen molar-refractivity contribution in [1.29, 1.82) is 0 Å². The number of rotatable bonds is 4. The van der Waals surface area contributed by atoms with Crippen LogP contribution >= 0.6 is 27.5 Å². The van der Waals surface area contributed by atoms with E-state index in [0.717, 1.165) is 0 Å². The summed E-state index contributed by atoms with van der Waals surface area (Å²) < 4.78 is 11.2. The van der Waals surface area contributed by atoms with Crippen molar-refractivity contribution in [2.75, 3.05) is 14.2 Å². The van der Waals surface area contributed by atoms with Gasteiger partial charge < -0.3 is 14.6 Å². The number of carboxylic acids is 1. The van der Waals surface area contributed by atoms with Crippen LogP contribution in [0.2, 0.25) is 5.02 Å². The molecule has 0 aromatic heterocycles. The van der Waals surface area contributed by atoms with E-state index in [-0.39, 0.29) is 5.56 Å². The molecule has 2 aromatic rings. The maximum absolute atomic E-state index is 11.4. The van der Waals surface area contributed by atoms with E-state index in [4.69, 9.17) is 21.1 Å². The molecule has 6 heteroatoms. The summed E-state index contributed by atoms with van der Waals surface area (Å²) in [7, 11) is 3.06. The van der Waals surface area contributed by atoms with Crippen molar-refractivity contribution in [3.63, 3.8) is 0 Å². The first-order chi connectivity index (χ1) is 9.99. The van der Waals surface area contributed by atoms with Crippen LogP contribution in [0.25, 0.3) is 11.1 Å². The van der Waals surface area contributed by atoms with E-state index in [9.17, 15) is 9.90 Å².